The summed E-state index contributed by atoms with van der Waals surface area (Å²) in [7, 11) is -5.02. The largest absolute Gasteiger partial charge is 0.472 e. The molecule has 0 aromatic carbocycles. The van der Waals surface area contributed by atoms with Gasteiger partial charge in [0.1, 0.15) is 42.7 Å². The Morgan fingerprint density at radius 3 is 1.22 bits per heavy atom. The Balaban J connectivity index is 2.29. The maximum Gasteiger partial charge on any atom is 0.472 e. The highest BCUT2D eigenvalue weighted by atomic mass is 31.2. The normalized spacial score (nSPS) is 21.5. The number of carbonyl (C=O) groups excluding carboxylic acids is 1. The Kier molecular flexibility index (Phi) is 41.2. The predicted molar refractivity (Wildman–Crippen MR) is 263 cm³/mol. The Morgan fingerprint density at radius 2 is 0.815 bits per heavy atom. The standard InChI is InChI=1S/C52H101O12P/c1-3-5-7-9-11-13-15-17-19-21-22-23-24-25-26-28-30-32-34-36-38-40-42-61-43-45(44-62-65(59,60)64-52-50(57)48(55)47(54)49(56)51(52)58)63-46(53)41-39-37-35-33-31-29-27-20-18-16-14-12-10-8-6-4-2/h20,27,45,47-52,54-58H,3-19,21-26,28-44H2,1-2H3,(H,59,60)/b27-20-. The zero-order valence-corrected chi connectivity index (χ0v) is 42.5. The van der Waals surface area contributed by atoms with Crippen LogP contribution < -0.4 is 0 Å². The molecule has 0 bridgehead atoms. The van der Waals surface area contributed by atoms with Crippen LogP contribution in [0, 0.1) is 0 Å². The van der Waals surface area contributed by atoms with Gasteiger partial charge in [-0.15, -0.1) is 0 Å². The first-order valence-electron chi connectivity index (χ1n) is 27.0. The van der Waals surface area contributed by atoms with E-state index in [1.54, 1.807) is 0 Å². The quantitative estimate of drug-likeness (QED) is 0.0147. The lowest BCUT2D eigenvalue weighted by Crippen LogP contribution is -2.64. The minimum atomic E-state index is -5.02. The number of rotatable bonds is 47. The second kappa shape index (κ2) is 43.1. The highest BCUT2D eigenvalue weighted by molar-refractivity contribution is 7.47. The number of allylic oxidation sites excluding steroid dienone is 2. The number of phosphoric ester groups is 1. The fourth-order valence-electron chi connectivity index (χ4n) is 8.59. The third-order valence-corrected chi connectivity index (χ3v) is 13.9. The van der Waals surface area contributed by atoms with Gasteiger partial charge in [0.05, 0.1) is 13.2 Å². The van der Waals surface area contributed by atoms with Gasteiger partial charge in [0.2, 0.25) is 0 Å². The number of esters is 1. The van der Waals surface area contributed by atoms with Crippen molar-refractivity contribution < 1.29 is 58.3 Å². The van der Waals surface area contributed by atoms with Crippen LogP contribution in [0.25, 0.3) is 0 Å². The molecule has 0 saturated heterocycles. The van der Waals surface area contributed by atoms with E-state index in [1.807, 2.05) is 0 Å². The minimum absolute atomic E-state index is 0.0736. The van der Waals surface area contributed by atoms with Crippen molar-refractivity contribution in [1.82, 2.24) is 0 Å². The maximum atomic E-state index is 12.9. The second-order valence-electron chi connectivity index (χ2n) is 19.1. The smallest absolute Gasteiger partial charge is 0.457 e. The molecule has 0 aromatic rings. The number of aliphatic hydroxyl groups is 5. The molecule has 13 heteroatoms. The summed E-state index contributed by atoms with van der Waals surface area (Å²) in [6.07, 6.45) is 37.1. The van der Waals surface area contributed by atoms with Gasteiger partial charge < -0.3 is 39.9 Å². The molecule has 0 heterocycles. The Bertz CT molecular complexity index is 1130. The van der Waals surface area contributed by atoms with E-state index in [4.69, 9.17) is 18.5 Å². The maximum absolute atomic E-state index is 12.9. The summed E-state index contributed by atoms with van der Waals surface area (Å²) in [6.45, 7) is 4.30. The van der Waals surface area contributed by atoms with Crippen molar-refractivity contribution in [2.45, 2.75) is 294 Å². The molecule has 0 amide bonds. The van der Waals surface area contributed by atoms with E-state index in [1.165, 1.54) is 167 Å². The summed E-state index contributed by atoms with van der Waals surface area (Å²) in [5.74, 6) is -0.480. The molecule has 386 valence electrons. The molecular weight excluding hydrogens is 848 g/mol. The van der Waals surface area contributed by atoms with Gasteiger partial charge in [-0.05, 0) is 38.5 Å². The zero-order chi connectivity index (χ0) is 47.6. The van der Waals surface area contributed by atoms with Crippen molar-refractivity contribution in [2.75, 3.05) is 19.8 Å². The van der Waals surface area contributed by atoms with E-state index >= 15 is 0 Å². The summed E-state index contributed by atoms with van der Waals surface area (Å²) in [5.41, 5.74) is 0. The highest BCUT2D eigenvalue weighted by Crippen LogP contribution is 2.47. The molecule has 6 N–H and O–H groups in total. The molecule has 0 radical (unpaired) electrons. The first-order valence-corrected chi connectivity index (χ1v) is 28.5. The summed E-state index contributed by atoms with van der Waals surface area (Å²) < 4.78 is 34.3. The van der Waals surface area contributed by atoms with Crippen LogP contribution in [0.5, 0.6) is 0 Å². The van der Waals surface area contributed by atoms with E-state index in [-0.39, 0.29) is 13.0 Å². The molecule has 0 aromatic heterocycles. The van der Waals surface area contributed by atoms with Crippen LogP contribution in [0.4, 0.5) is 0 Å². The number of unbranched alkanes of at least 4 members (excludes halogenated alkanes) is 33. The molecule has 1 fully saturated rings. The third-order valence-electron chi connectivity index (χ3n) is 12.9. The van der Waals surface area contributed by atoms with Gasteiger partial charge in [-0.1, -0.05) is 219 Å². The first kappa shape index (κ1) is 62.1. The fraction of sp³-hybridized carbons (Fsp3) is 0.942. The molecule has 0 aliphatic heterocycles. The average molecular weight is 949 g/mol. The third kappa shape index (κ3) is 34.9. The summed E-state index contributed by atoms with van der Waals surface area (Å²) in [6, 6.07) is 0. The Hall–Kier alpha value is -0.920. The number of ether oxygens (including phenoxy) is 2. The molecule has 12 nitrogen and oxygen atoms in total. The van der Waals surface area contributed by atoms with Gasteiger partial charge in [-0.25, -0.2) is 4.57 Å². The predicted octanol–water partition coefficient (Wildman–Crippen LogP) is 12.3. The Morgan fingerprint density at radius 1 is 0.477 bits per heavy atom. The summed E-state index contributed by atoms with van der Waals surface area (Å²) in [5, 5.41) is 50.3. The van der Waals surface area contributed by atoms with E-state index in [2.05, 4.69) is 26.0 Å². The molecule has 1 saturated carbocycles. The molecule has 1 rings (SSSR count). The second-order valence-corrected chi connectivity index (χ2v) is 20.5. The Labute approximate surface area is 397 Å². The van der Waals surface area contributed by atoms with Crippen molar-refractivity contribution in [3.8, 4) is 0 Å². The van der Waals surface area contributed by atoms with E-state index in [9.17, 15) is 39.8 Å². The number of hydrogen-bond acceptors (Lipinski definition) is 11. The zero-order valence-electron chi connectivity index (χ0n) is 41.6. The fourth-order valence-corrected chi connectivity index (χ4v) is 9.56. The van der Waals surface area contributed by atoms with Crippen LogP contribution >= 0.6 is 7.82 Å². The van der Waals surface area contributed by atoms with Gasteiger partial charge >= 0.3 is 13.8 Å². The first-order chi connectivity index (χ1) is 31.5. The van der Waals surface area contributed by atoms with Gasteiger partial charge in [-0.3, -0.25) is 13.8 Å². The van der Waals surface area contributed by atoms with Crippen LogP contribution in [0.2, 0.25) is 0 Å². The van der Waals surface area contributed by atoms with Crippen molar-refractivity contribution in [1.29, 1.82) is 0 Å². The summed E-state index contributed by atoms with van der Waals surface area (Å²) >= 11 is 0. The monoisotopic (exact) mass is 949 g/mol. The van der Waals surface area contributed by atoms with Gasteiger partial charge in [0, 0.05) is 13.0 Å². The molecule has 1 aliphatic rings. The SMILES string of the molecule is CCCCCCCCC/C=C\CCCCCCCC(=O)OC(COCCCCCCCCCCCCCCCCCCCCCCCC)COP(=O)(O)OC1C(O)C(O)C(O)C(O)C1O. The van der Waals surface area contributed by atoms with Gasteiger partial charge in [0.15, 0.2) is 0 Å². The molecule has 65 heavy (non-hydrogen) atoms. The van der Waals surface area contributed by atoms with Gasteiger partial charge in [0.25, 0.3) is 0 Å². The van der Waals surface area contributed by atoms with Crippen LogP contribution in [0.3, 0.4) is 0 Å². The van der Waals surface area contributed by atoms with E-state index in [0.717, 1.165) is 57.8 Å². The summed E-state index contributed by atoms with van der Waals surface area (Å²) in [4.78, 5) is 23.2. The molecule has 1 aliphatic carbocycles. The average Bonchev–Trinajstić information content (AvgIpc) is 3.29. The minimum Gasteiger partial charge on any atom is -0.457 e. The lowest BCUT2D eigenvalue weighted by Gasteiger charge is -2.41. The van der Waals surface area contributed by atoms with Crippen molar-refractivity contribution in [3.63, 3.8) is 0 Å². The molecular formula is C52H101O12P. The lowest BCUT2D eigenvalue weighted by molar-refractivity contribution is -0.220. The van der Waals surface area contributed by atoms with Crippen LogP contribution in [-0.2, 0) is 27.9 Å². The van der Waals surface area contributed by atoms with Crippen LogP contribution in [-0.4, -0.2) is 98.9 Å². The van der Waals surface area contributed by atoms with Crippen LogP contribution in [0.1, 0.15) is 251 Å². The van der Waals surface area contributed by atoms with Gasteiger partial charge in [-0.2, -0.15) is 0 Å². The van der Waals surface area contributed by atoms with E-state index in [0.29, 0.717) is 13.0 Å². The number of carbonyl (C=O) groups is 1. The molecule has 6 unspecified atom stereocenters. The molecule has 6 atom stereocenters. The van der Waals surface area contributed by atoms with Crippen LogP contribution in [0.15, 0.2) is 12.2 Å². The van der Waals surface area contributed by atoms with Crippen molar-refractivity contribution in [3.05, 3.63) is 12.2 Å². The number of phosphoric acid groups is 1. The lowest BCUT2D eigenvalue weighted by atomic mass is 9.85. The number of aliphatic hydroxyl groups excluding tert-OH is 5. The number of hydrogen-bond donors (Lipinski definition) is 6. The molecule has 0 spiro atoms. The highest BCUT2D eigenvalue weighted by Gasteiger charge is 2.51. The van der Waals surface area contributed by atoms with Crippen molar-refractivity contribution >= 4 is 13.8 Å². The van der Waals surface area contributed by atoms with E-state index < -0.39 is 63.1 Å². The topological polar surface area (TPSA) is 192 Å². The van der Waals surface area contributed by atoms with Crippen molar-refractivity contribution in [2.24, 2.45) is 0 Å².